The Morgan fingerprint density at radius 1 is 1.12 bits per heavy atom. The second-order valence-electron chi connectivity index (χ2n) is 6.44. The first kappa shape index (κ1) is 15.3. The number of hydrogen-bond donors (Lipinski definition) is 2. The smallest absolute Gasteiger partial charge is 0.253 e. The third kappa shape index (κ3) is 3.04. The van der Waals surface area contributed by atoms with Crippen molar-refractivity contribution in [3.63, 3.8) is 0 Å². The number of benzene rings is 2. The Bertz CT molecular complexity index is 794. The summed E-state index contributed by atoms with van der Waals surface area (Å²) in [6, 6.07) is 15.9. The van der Waals surface area contributed by atoms with Crippen molar-refractivity contribution >= 4 is 23.1 Å². The third-order valence-corrected chi connectivity index (χ3v) is 4.95. The molecule has 0 unspecified atom stereocenters. The van der Waals surface area contributed by atoms with Gasteiger partial charge in [0.05, 0.1) is 11.6 Å². The number of amides is 1. The maximum atomic E-state index is 12.9. The highest BCUT2D eigenvalue weighted by Gasteiger charge is 2.34. The van der Waals surface area contributed by atoms with Crippen LogP contribution in [-0.4, -0.2) is 5.91 Å². The summed E-state index contributed by atoms with van der Waals surface area (Å²) in [7, 11) is 0. The molecule has 0 radical (unpaired) electrons. The molecule has 2 aromatic carbocycles. The minimum atomic E-state index is -0.0264. The summed E-state index contributed by atoms with van der Waals surface area (Å²) in [6.45, 7) is 0.760. The lowest BCUT2D eigenvalue weighted by atomic mass is 9.96. The van der Waals surface area contributed by atoms with Gasteiger partial charge in [-0.3, -0.25) is 4.79 Å². The second kappa shape index (κ2) is 6.33. The average molecular weight is 339 g/mol. The molecule has 4 heteroatoms. The molecule has 0 spiro atoms. The molecule has 1 saturated carbocycles. The van der Waals surface area contributed by atoms with E-state index >= 15 is 0 Å². The quantitative estimate of drug-likeness (QED) is 0.883. The fraction of sp³-hybridized carbons (Fsp3) is 0.250. The Labute approximate surface area is 146 Å². The lowest BCUT2D eigenvalue weighted by molar-refractivity contribution is -0.116. The van der Waals surface area contributed by atoms with Crippen LogP contribution in [0.25, 0.3) is 5.57 Å². The number of nitrogens with one attached hydrogen (secondary N) is 2. The normalized spacial score (nSPS) is 17.3. The average Bonchev–Trinajstić information content (AvgIpc) is 3.45. The van der Waals surface area contributed by atoms with Crippen LogP contribution in [-0.2, 0) is 11.3 Å². The Balaban J connectivity index is 1.58. The highest BCUT2D eigenvalue weighted by molar-refractivity contribution is 6.30. The van der Waals surface area contributed by atoms with Crippen molar-refractivity contribution in [2.45, 2.75) is 25.4 Å². The van der Waals surface area contributed by atoms with E-state index in [4.69, 9.17) is 11.6 Å². The first-order chi connectivity index (χ1) is 11.7. The maximum absolute atomic E-state index is 12.9. The molecule has 1 fully saturated rings. The highest BCUT2D eigenvalue weighted by atomic mass is 35.5. The molecular weight excluding hydrogens is 320 g/mol. The predicted molar refractivity (Wildman–Crippen MR) is 96.3 cm³/mol. The maximum Gasteiger partial charge on any atom is 0.253 e. The van der Waals surface area contributed by atoms with Crippen molar-refractivity contribution in [2.75, 3.05) is 0 Å². The van der Waals surface area contributed by atoms with Gasteiger partial charge in [-0.2, -0.15) is 0 Å². The number of rotatable bonds is 4. The van der Waals surface area contributed by atoms with E-state index in [2.05, 4.69) is 16.7 Å². The lowest BCUT2D eigenvalue weighted by Gasteiger charge is -2.23. The predicted octanol–water partition coefficient (Wildman–Crippen LogP) is 4.05. The van der Waals surface area contributed by atoms with Gasteiger partial charge in [0, 0.05) is 17.8 Å². The molecule has 0 saturated heterocycles. The van der Waals surface area contributed by atoms with Crippen LogP contribution in [0.15, 0.2) is 54.7 Å². The van der Waals surface area contributed by atoms with Crippen LogP contribution < -0.4 is 10.6 Å². The van der Waals surface area contributed by atoms with Crippen molar-refractivity contribution in [3.8, 4) is 0 Å². The van der Waals surface area contributed by atoms with Crippen LogP contribution in [0.4, 0.5) is 0 Å². The van der Waals surface area contributed by atoms with Crippen molar-refractivity contribution in [3.05, 3.63) is 76.4 Å². The Hall–Kier alpha value is -2.26. The van der Waals surface area contributed by atoms with Crippen LogP contribution in [0.3, 0.4) is 0 Å². The fourth-order valence-corrected chi connectivity index (χ4v) is 3.38. The first-order valence-electron chi connectivity index (χ1n) is 8.30. The van der Waals surface area contributed by atoms with Crippen LogP contribution in [0.2, 0.25) is 5.02 Å². The van der Waals surface area contributed by atoms with Gasteiger partial charge in [0.1, 0.15) is 0 Å². The van der Waals surface area contributed by atoms with Gasteiger partial charge in [0.2, 0.25) is 0 Å². The molecule has 1 aliphatic heterocycles. The molecule has 0 bridgehead atoms. The molecule has 122 valence electrons. The Morgan fingerprint density at radius 3 is 2.62 bits per heavy atom. The SMILES string of the molecule is O=C(N[C@H](c1ccc(Cl)cc1)C1CC1)C1=CNCc2ccccc21. The van der Waals surface area contributed by atoms with Crippen molar-refractivity contribution in [2.24, 2.45) is 5.92 Å². The van der Waals surface area contributed by atoms with Gasteiger partial charge in [-0.15, -0.1) is 0 Å². The lowest BCUT2D eigenvalue weighted by Crippen LogP contribution is -2.32. The molecular formula is C20H19ClN2O. The van der Waals surface area contributed by atoms with Crippen molar-refractivity contribution < 1.29 is 4.79 Å². The zero-order valence-electron chi connectivity index (χ0n) is 13.3. The molecule has 2 N–H and O–H groups in total. The summed E-state index contributed by atoms with van der Waals surface area (Å²) in [6.07, 6.45) is 4.13. The summed E-state index contributed by atoms with van der Waals surface area (Å²) < 4.78 is 0. The molecule has 1 amide bonds. The summed E-state index contributed by atoms with van der Waals surface area (Å²) in [5.41, 5.74) is 3.99. The van der Waals surface area contributed by atoms with Gasteiger partial charge in [-0.05, 0) is 47.6 Å². The Morgan fingerprint density at radius 2 is 1.88 bits per heavy atom. The third-order valence-electron chi connectivity index (χ3n) is 4.70. The zero-order valence-corrected chi connectivity index (χ0v) is 14.0. The second-order valence-corrected chi connectivity index (χ2v) is 6.87. The molecule has 2 aromatic rings. The number of hydrogen-bond acceptors (Lipinski definition) is 2. The molecule has 1 heterocycles. The standard InChI is InChI=1S/C20H19ClN2O/c21-16-9-7-14(8-10-16)19(13-5-6-13)23-20(24)18-12-22-11-15-3-1-2-4-17(15)18/h1-4,7-10,12-13,19,22H,5-6,11H2,(H,23,24)/t19-/m0/s1. The molecule has 1 atom stereocenters. The first-order valence-corrected chi connectivity index (χ1v) is 8.68. The van der Waals surface area contributed by atoms with Crippen LogP contribution in [0.1, 0.15) is 35.6 Å². The molecule has 0 aromatic heterocycles. The van der Waals surface area contributed by atoms with E-state index in [1.54, 1.807) is 0 Å². The van der Waals surface area contributed by atoms with E-state index in [-0.39, 0.29) is 11.9 Å². The molecule has 4 rings (SSSR count). The van der Waals surface area contributed by atoms with E-state index in [1.807, 2.05) is 48.7 Å². The Kier molecular flexibility index (Phi) is 4.03. The van der Waals surface area contributed by atoms with E-state index in [1.165, 1.54) is 0 Å². The van der Waals surface area contributed by atoms with Crippen LogP contribution in [0, 0.1) is 5.92 Å². The van der Waals surface area contributed by atoms with E-state index in [9.17, 15) is 4.79 Å². The van der Waals surface area contributed by atoms with Crippen molar-refractivity contribution in [1.82, 2.24) is 10.6 Å². The summed E-state index contributed by atoms with van der Waals surface area (Å²) >= 11 is 5.99. The van der Waals surface area contributed by atoms with Crippen LogP contribution >= 0.6 is 11.6 Å². The van der Waals surface area contributed by atoms with E-state index in [0.29, 0.717) is 16.5 Å². The van der Waals surface area contributed by atoms with Crippen LogP contribution in [0.5, 0.6) is 0 Å². The van der Waals surface area contributed by atoms with Gasteiger partial charge < -0.3 is 10.6 Å². The molecule has 3 nitrogen and oxygen atoms in total. The van der Waals surface area contributed by atoms with Gasteiger partial charge in [0.25, 0.3) is 5.91 Å². The van der Waals surface area contributed by atoms with Gasteiger partial charge in [-0.1, -0.05) is 48.0 Å². The molecule has 2 aliphatic rings. The van der Waals surface area contributed by atoms with Gasteiger partial charge in [0.15, 0.2) is 0 Å². The minimum Gasteiger partial charge on any atom is -0.386 e. The van der Waals surface area contributed by atoms with Gasteiger partial charge in [-0.25, -0.2) is 0 Å². The number of carbonyl (C=O) groups is 1. The van der Waals surface area contributed by atoms with Crippen molar-refractivity contribution in [1.29, 1.82) is 0 Å². The number of halogens is 1. The summed E-state index contributed by atoms with van der Waals surface area (Å²) in [5, 5.41) is 7.15. The van der Waals surface area contributed by atoms with E-state index in [0.717, 1.165) is 36.1 Å². The highest BCUT2D eigenvalue weighted by Crippen LogP contribution is 2.41. The largest absolute Gasteiger partial charge is 0.386 e. The topological polar surface area (TPSA) is 41.1 Å². The monoisotopic (exact) mass is 338 g/mol. The number of fused-ring (bicyclic) bond motifs is 1. The number of carbonyl (C=O) groups excluding carboxylic acids is 1. The minimum absolute atomic E-state index is 0.0264. The molecule has 1 aliphatic carbocycles. The van der Waals surface area contributed by atoms with E-state index < -0.39 is 0 Å². The summed E-state index contributed by atoms with van der Waals surface area (Å²) in [5.74, 6) is 0.490. The molecule has 24 heavy (non-hydrogen) atoms. The summed E-state index contributed by atoms with van der Waals surface area (Å²) in [4.78, 5) is 12.9. The fourth-order valence-electron chi connectivity index (χ4n) is 3.26. The van der Waals surface area contributed by atoms with Gasteiger partial charge >= 0.3 is 0 Å². The zero-order chi connectivity index (χ0) is 16.5.